The smallest absolute Gasteiger partial charge is 0.373 e. The molecule has 13 heavy (non-hydrogen) atoms. The first-order chi connectivity index (χ1) is 6.29. The van der Waals surface area contributed by atoms with Gasteiger partial charge >= 0.3 is 8.80 Å². The lowest BCUT2D eigenvalue weighted by Gasteiger charge is -2.24. The van der Waals surface area contributed by atoms with E-state index in [0.717, 1.165) is 5.19 Å². The van der Waals surface area contributed by atoms with Crippen LogP contribution in [-0.4, -0.2) is 30.1 Å². The molecule has 0 spiro atoms. The van der Waals surface area contributed by atoms with Gasteiger partial charge in [-0.15, -0.1) is 0 Å². The van der Waals surface area contributed by atoms with Crippen molar-refractivity contribution in [3.05, 3.63) is 30.3 Å². The van der Waals surface area contributed by atoms with Crippen molar-refractivity contribution in [3.63, 3.8) is 0 Å². The van der Waals surface area contributed by atoms with Gasteiger partial charge in [0.05, 0.1) is 0 Å². The van der Waals surface area contributed by atoms with Crippen molar-refractivity contribution >= 4 is 14.0 Å². The van der Waals surface area contributed by atoms with Crippen molar-refractivity contribution < 1.29 is 13.3 Å². The molecule has 0 atom stereocenters. The van der Waals surface area contributed by atoms with Crippen LogP contribution in [0.15, 0.2) is 24.3 Å². The van der Waals surface area contributed by atoms with Gasteiger partial charge in [0, 0.05) is 26.5 Å². The van der Waals surface area contributed by atoms with Gasteiger partial charge in [-0.05, 0) is 12.1 Å². The molecule has 0 saturated carbocycles. The maximum absolute atomic E-state index is 5.30. The van der Waals surface area contributed by atoms with Crippen LogP contribution in [0.2, 0.25) is 0 Å². The summed E-state index contributed by atoms with van der Waals surface area (Å²) >= 11 is 0. The first-order valence-electron chi connectivity index (χ1n) is 3.91. The van der Waals surface area contributed by atoms with Gasteiger partial charge in [-0.3, -0.25) is 0 Å². The average Bonchev–Trinajstić information content (AvgIpc) is 2.23. The van der Waals surface area contributed by atoms with Crippen molar-refractivity contribution in [2.24, 2.45) is 0 Å². The molecule has 0 unspecified atom stereocenters. The van der Waals surface area contributed by atoms with Crippen LogP contribution >= 0.6 is 0 Å². The Morgan fingerprint density at radius 2 is 1.77 bits per heavy atom. The van der Waals surface area contributed by atoms with E-state index in [1.807, 2.05) is 24.3 Å². The van der Waals surface area contributed by atoms with Gasteiger partial charge in [0.2, 0.25) is 0 Å². The zero-order valence-electron chi connectivity index (χ0n) is 8.03. The second kappa shape index (κ2) is 4.52. The largest absolute Gasteiger partial charge is 0.536 e. The second-order valence-electron chi connectivity index (χ2n) is 2.46. The Hall–Kier alpha value is -0.683. The van der Waals surface area contributed by atoms with Crippen LogP contribution in [0.5, 0.6) is 0 Å². The molecule has 0 bridgehead atoms. The highest BCUT2D eigenvalue weighted by Crippen LogP contribution is 2.05. The van der Waals surface area contributed by atoms with Crippen molar-refractivity contribution in [1.82, 2.24) is 0 Å². The number of hydrogen-bond donors (Lipinski definition) is 0. The fraction of sp³-hybridized carbons (Fsp3) is 0.333. The molecule has 0 aliphatic carbocycles. The third-order valence-electron chi connectivity index (χ3n) is 1.87. The fourth-order valence-electron chi connectivity index (χ4n) is 1.19. The maximum atomic E-state index is 5.30. The predicted octanol–water partition coefficient (Wildman–Crippen LogP) is 0.572. The third kappa shape index (κ3) is 1.97. The molecule has 4 heteroatoms. The molecule has 71 valence electrons. The van der Waals surface area contributed by atoms with Gasteiger partial charge in [0.15, 0.2) is 0 Å². The molecule has 1 aromatic rings. The first-order valence-corrected chi connectivity index (χ1v) is 5.63. The first kappa shape index (κ1) is 10.4. The Labute approximate surface area is 79.6 Å². The van der Waals surface area contributed by atoms with Crippen molar-refractivity contribution in [3.8, 4) is 0 Å². The molecule has 0 heterocycles. The van der Waals surface area contributed by atoms with Crippen LogP contribution in [0.25, 0.3) is 0 Å². The molecule has 0 amide bonds. The summed E-state index contributed by atoms with van der Waals surface area (Å²) in [6.45, 7) is 0. The standard InChI is InChI=1S/C9H13O3Si/c1-10-13(11-2,12-3)9-7-5-4-6-8-9/h4-5,7-8H,1-3H3. The Balaban J connectivity index is 3.01. The van der Waals surface area contributed by atoms with E-state index in [0.29, 0.717) is 0 Å². The van der Waals surface area contributed by atoms with Crippen molar-refractivity contribution in [1.29, 1.82) is 0 Å². The summed E-state index contributed by atoms with van der Waals surface area (Å²) in [5.74, 6) is 0. The Morgan fingerprint density at radius 1 is 1.15 bits per heavy atom. The SMILES string of the molecule is CO[Si](OC)(OC)c1c[c]ccc1. The van der Waals surface area contributed by atoms with Crippen LogP contribution in [0.3, 0.4) is 0 Å². The maximum Gasteiger partial charge on any atom is 0.536 e. The highest BCUT2D eigenvalue weighted by Gasteiger charge is 2.40. The molecular weight excluding hydrogens is 184 g/mol. The summed E-state index contributed by atoms with van der Waals surface area (Å²) in [5.41, 5.74) is 0. The van der Waals surface area contributed by atoms with Gasteiger partial charge in [-0.2, -0.15) is 0 Å². The van der Waals surface area contributed by atoms with E-state index in [-0.39, 0.29) is 0 Å². The van der Waals surface area contributed by atoms with Gasteiger partial charge in [-0.1, -0.05) is 18.2 Å². The summed E-state index contributed by atoms with van der Waals surface area (Å²) in [6, 6.07) is 10.4. The van der Waals surface area contributed by atoms with Gasteiger partial charge in [0.1, 0.15) is 0 Å². The fourth-order valence-corrected chi connectivity index (χ4v) is 2.95. The lowest BCUT2D eigenvalue weighted by atomic mass is 10.4. The normalized spacial score (nSPS) is 11.6. The molecule has 1 aromatic carbocycles. The summed E-state index contributed by atoms with van der Waals surface area (Å²) in [5, 5.41) is 0.919. The quantitative estimate of drug-likeness (QED) is 0.661. The lowest BCUT2D eigenvalue weighted by molar-refractivity contribution is 0.140. The van der Waals surface area contributed by atoms with E-state index in [1.165, 1.54) is 0 Å². The minimum absolute atomic E-state index is 0.919. The van der Waals surface area contributed by atoms with Crippen LogP contribution < -0.4 is 5.19 Å². The minimum atomic E-state index is -2.62. The van der Waals surface area contributed by atoms with Gasteiger partial charge < -0.3 is 13.3 Å². The Bertz CT molecular complexity index is 238. The topological polar surface area (TPSA) is 27.7 Å². The molecule has 0 aromatic heterocycles. The van der Waals surface area contributed by atoms with E-state index in [1.54, 1.807) is 21.3 Å². The molecular formula is C9H13O3Si. The minimum Gasteiger partial charge on any atom is -0.373 e. The van der Waals surface area contributed by atoms with Crippen molar-refractivity contribution in [2.75, 3.05) is 21.3 Å². The molecule has 0 saturated heterocycles. The van der Waals surface area contributed by atoms with E-state index in [4.69, 9.17) is 13.3 Å². The summed E-state index contributed by atoms with van der Waals surface area (Å²) in [6.07, 6.45) is 0. The van der Waals surface area contributed by atoms with Crippen LogP contribution in [0, 0.1) is 6.07 Å². The molecule has 0 N–H and O–H groups in total. The number of hydrogen-bond acceptors (Lipinski definition) is 3. The predicted molar refractivity (Wildman–Crippen MR) is 51.7 cm³/mol. The zero-order chi connectivity index (χ0) is 9.73. The zero-order valence-corrected chi connectivity index (χ0v) is 9.03. The van der Waals surface area contributed by atoms with E-state index >= 15 is 0 Å². The highest BCUT2D eigenvalue weighted by molar-refractivity contribution is 6.75. The van der Waals surface area contributed by atoms with Crippen LogP contribution in [0.4, 0.5) is 0 Å². The Kier molecular flexibility index (Phi) is 3.62. The number of benzene rings is 1. The average molecular weight is 197 g/mol. The van der Waals surface area contributed by atoms with E-state index < -0.39 is 8.80 Å². The highest BCUT2D eigenvalue weighted by atomic mass is 28.4. The molecule has 0 fully saturated rings. The molecule has 0 aliphatic rings. The van der Waals surface area contributed by atoms with Gasteiger partial charge in [-0.25, -0.2) is 0 Å². The molecule has 3 nitrogen and oxygen atoms in total. The molecule has 1 radical (unpaired) electrons. The molecule has 1 rings (SSSR count). The third-order valence-corrected chi connectivity index (χ3v) is 4.50. The second-order valence-corrected chi connectivity index (χ2v) is 5.38. The Morgan fingerprint density at radius 3 is 2.15 bits per heavy atom. The number of rotatable bonds is 4. The monoisotopic (exact) mass is 197 g/mol. The van der Waals surface area contributed by atoms with E-state index in [2.05, 4.69) is 6.07 Å². The van der Waals surface area contributed by atoms with Crippen molar-refractivity contribution in [2.45, 2.75) is 0 Å². The lowest BCUT2D eigenvalue weighted by Crippen LogP contribution is -2.54. The summed E-state index contributed by atoms with van der Waals surface area (Å²) in [7, 11) is 2.14. The summed E-state index contributed by atoms with van der Waals surface area (Å²) in [4.78, 5) is 0. The van der Waals surface area contributed by atoms with Crippen LogP contribution in [0.1, 0.15) is 0 Å². The molecule has 0 aliphatic heterocycles. The van der Waals surface area contributed by atoms with Gasteiger partial charge in [0.25, 0.3) is 0 Å². The summed E-state index contributed by atoms with van der Waals surface area (Å²) < 4.78 is 15.9. The van der Waals surface area contributed by atoms with Crippen LogP contribution in [-0.2, 0) is 13.3 Å². The van der Waals surface area contributed by atoms with E-state index in [9.17, 15) is 0 Å².